The van der Waals surface area contributed by atoms with Crippen molar-refractivity contribution in [2.45, 2.75) is 17.7 Å². The Labute approximate surface area is 191 Å². The zero-order valence-corrected chi connectivity index (χ0v) is 18.9. The highest BCUT2D eigenvalue weighted by atomic mass is 32.2. The summed E-state index contributed by atoms with van der Waals surface area (Å²) in [7, 11) is -1.18. The van der Waals surface area contributed by atoms with E-state index < -0.39 is 16.0 Å². The van der Waals surface area contributed by atoms with Crippen LogP contribution in [0.3, 0.4) is 0 Å². The number of fused-ring (bicyclic) bond motifs is 1. The second-order valence-electron chi connectivity index (χ2n) is 7.34. The minimum atomic E-state index is -4.05. The molecule has 0 saturated carbocycles. The molecule has 0 aliphatic rings. The van der Waals surface area contributed by atoms with E-state index >= 15 is 0 Å². The van der Waals surface area contributed by atoms with Gasteiger partial charge in [0.05, 0.1) is 19.7 Å². The van der Waals surface area contributed by atoms with Crippen LogP contribution in [0.1, 0.15) is 12.0 Å². The third-order valence-corrected chi connectivity index (χ3v) is 7.08. The Morgan fingerprint density at radius 1 is 1.06 bits per heavy atom. The molecule has 8 nitrogen and oxygen atoms in total. The molecule has 0 bridgehead atoms. The third-order valence-electron chi connectivity index (χ3n) is 5.36. The quantitative estimate of drug-likeness (QED) is 0.419. The molecule has 4 rings (SSSR count). The number of ether oxygens (including phenoxy) is 2. The summed E-state index contributed by atoms with van der Waals surface area (Å²) in [5, 5.41) is 9.84. The zero-order valence-electron chi connectivity index (χ0n) is 18.1. The van der Waals surface area contributed by atoms with E-state index in [2.05, 4.69) is 4.98 Å². The van der Waals surface area contributed by atoms with E-state index in [9.17, 15) is 18.3 Å². The molecule has 0 atom stereocenters. The van der Waals surface area contributed by atoms with Gasteiger partial charge in [0.15, 0.2) is 0 Å². The van der Waals surface area contributed by atoms with Crippen LogP contribution in [-0.4, -0.2) is 42.7 Å². The molecule has 0 unspecified atom stereocenters. The monoisotopic (exact) mass is 466 g/mol. The van der Waals surface area contributed by atoms with Gasteiger partial charge in [-0.2, -0.15) is 0 Å². The maximum absolute atomic E-state index is 13.6. The molecule has 4 aromatic rings. The number of aromatic nitrogens is 2. The van der Waals surface area contributed by atoms with Crippen LogP contribution in [0.5, 0.6) is 11.5 Å². The molecule has 2 aromatic carbocycles. The molecule has 1 N–H and O–H groups in total. The number of rotatable bonds is 8. The summed E-state index contributed by atoms with van der Waals surface area (Å²) < 4.78 is 39.0. The highest BCUT2D eigenvalue weighted by Gasteiger charge is 2.25. The molecule has 0 aliphatic heterocycles. The van der Waals surface area contributed by atoms with Crippen LogP contribution in [0, 0.1) is 0 Å². The van der Waals surface area contributed by atoms with Crippen LogP contribution >= 0.6 is 0 Å². The van der Waals surface area contributed by atoms with Crippen molar-refractivity contribution in [3.05, 3.63) is 72.7 Å². The van der Waals surface area contributed by atoms with Gasteiger partial charge < -0.3 is 14.6 Å². The van der Waals surface area contributed by atoms with Crippen molar-refractivity contribution in [1.29, 1.82) is 0 Å². The van der Waals surface area contributed by atoms with E-state index in [1.807, 2.05) is 24.3 Å². The summed E-state index contributed by atoms with van der Waals surface area (Å²) in [6.45, 7) is 0. The first-order valence-corrected chi connectivity index (χ1v) is 11.5. The van der Waals surface area contributed by atoms with Crippen molar-refractivity contribution in [3.63, 3.8) is 0 Å². The Morgan fingerprint density at radius 2 is 1.88 bits per heavy atom. The van der Waals surface area contributed by atoms with E-state index in [0.717, 1.165) is 11.1 Å². The normalized spacial score (nSPS) is 11.5. The fourth-order valence-electron chi connectivity index (χ4n) is 3.71. The molecule has 0 radical (unpaired) electrons. The fourth-order valence-corrected chi connectivity index (χ4v) is 5.25. The lowest BCUT2D eigenvalue weighted by atomic mass is 10.0. The summed E-state index contributed by atoms with van der Waals surface area (Å²) in [6, 6.07) is 13.6. The number of benzene rings is 2. The van der Waals surface area contributed by atoms with Crippen molar-refractivity contribution in [2.24, 2.45) is 0 Å². The van der Waals surface area contributed by atoms with Gasteiger partial charge in [0.25, 0.3) is 10.0 Å². The maximum Gasteiger partial charge on any atom is 0.303 e. The predicted molar refractivity (Wildman–Crippen MR) is 123 cm³/mol. The number of hydrogen-bond donors (Lipinski definition) is 1. The molecule has 2 heterocycles. The molecule has 0 fully saturated rings. The topological polar surface area (TPSA) is 108 Å². The molecule has 0 amide bonds. The van der Waals surface area contributed by atoms with E-state index in [0.29, 0.717) is 22.2 Å². The number of aryl methyl sites for hydroxylation is 1. The highest BCUT2D eigenvalue weighted by Crippen LogP contribution is 2.34. The second-order valence-corrected chi connectivity index (χ2v) is 9.12. The van der Waals surface area contributed by atoms with Gasteiger partial charge in [0, 0.05) is 42.0 Å². The van der Waals surface area contributed by atoms with Crippen molar-refractivity contribution in [3.8, 4) is 22.6 Å². The minimum absolute atomic E-state index is 0.0242. The van der Waals surface area contributed by atoms with E-state index in [-0.39, 0.29) is 23.5 Å². The minimum Gasteiger partial charge on any atom is -0.497 e. The Morgan fingerprint density at radius 3 is 2.55 bits per heavy atom. The van der Waals surface area contributed by atoms with Gasteiger partial charge in [-0.3, -0.25) is 9.78 Å². The number of carboxylic acids is 1. The Hall–Kier alpha value is -3.85. The number of hydrogen-bond acceptors (Lipinski definition) is 6. The van der Waals surface area contributed by atoms with Crippen LogP contribution < -0.4 is 9.47 Å². The molecular weight excluding hydrogens is 444 g/mol. The van der Waals surface area contributed by atoms with Gasteiger partial charge in [-0.1, -0.05) is 12.1 Å². The van der Waals surface area contributed by atoms with Gasteiger partial charge >= 0.3 is 5.97 Å². The summed E-state index contributed by atoms with van der Waals surface area (Å²) >= 11 is 0. The van der Waals surface area contributed by atoms with Crippen LogP contribution in [0.4, 0.5) is 0 Å². The van der Waals surface area contributed by atoms with E-state index in [4.69, 9.17) is 9.47 Å². The molecule has 0 spiro atoms. The number of methoxy groups -OCH3 is 2. The molecule has 9 heteroatoms. The second kappa shape index (κ2) is 8.95. The van der Waals surface area contributed by atoms with Gasteiger partial charge in [-0.15, -0.1) is 0 Å². The molecule has 33 heavy (non-hydrogen) atoms. The zero-order chi connectivity index (χ0) is 23.6. The number of aliphatic carboxylic acids is 1. The number of pyridine rings is 1. The molecule has 170 valence electrons. The Kier molecular flexibility index (Phi) is 6.06. The lowest BCUT2D eigenvalue weighted by molar-refractivity contribution is -0.136. The lowest BCUT2D eigenvalue weighted by Gasteiger charge is -2.13. The predicted octanol–water partition coefficient (Wildman–Crippen LogP) is 3.97. The maximum atomic E-state index is 13.6. The van der Waals surface area contributed by atoms with Gasteiger partial charge in [0.2, 0.25) is 0 Å². The number of carboxylic acid groups (broad SMARTS) is 1. The van der Waals surface area contributed by atoms with Crippen LogP contribution in [0.15, 0.2) is 72.0 Å². The van der Waals surface area contributed by atoms with Gasteiger partial charge in [0.1, 0.15) is 16.4 Å². The molecule has 0 saturated heterocycles. The fraction of sp³-hybridized carbons (Fsp3) is 0.167. The lowest BCUT2D eigenvalue weighted by Crippen LogP contribution is -2.13. The van der Waals surface area contributed by atoms with Crippen molar-refractivity contribution >= 4 is 26.9 Å². The molecule has 0 aliphatic carbocycles. The van der Waals surface area contributed by atoms with E-state index in [1.165, 1.54) is 36.5 Å². The Bertz CT molecular complexity index is 1430. The SMILES string of the molecule is COc1ccc(S(=O)(=O)n2cc(CCC(=O)O)c3cc(-c4cccnc4)ccc32)c(OC)c1. The first-order chi connectivity index (χ1) is 15.8. The van der Waals surface area contributed by atoms with Gasteiger partial charge in [-0.25, -0.2) is 12.4 Å². The smallest absolute Gasteiger partial charge is 0.303 e. The van der Waals surface area contributed by atoms with E-state index in [1.54, 1.807) is 24.5 Å². The average molecular weight is 467 g/mol. The summed E-state index contributed by atoms with van der Waals surface area (Å²) in [6.07, 6.45) is 4.94. The Balaban J connectivity index is 1.91. The van der Waals surface area contributed by atoms with Crippen LogP contribution in [-0.2, 0) is 21.2 Å². The van der Waals surface area contributed by atoms with Crippen molar-refractivity contribution < 1.29 is 27.8 Å². The van der Waals surface area contributed by atoms with Crippen molar-refractivity contribution in [1.82, 2.24) is 8.96 Å². The number of carbonyl (C=O) groups is 1. The third kappa shape index (κ3) is 4.27. The summed E-state index contributed by atoms with van der Waals surface area (Å²) in [5.41, 5.74) is 2.79. The van der Waals surface area contributed by atoms with Crippen molar-refractivity contribution in [2.75, 3.05) is 14.2 Å². The molecule has 2 aromatic heterocycles. The standard InChI is InChI=1S/C24H22N2O6S/c1-31-19-7-9-23(22(13-19)32-2)33(29,30)26-15-18(6-10-24(27)28)20-12-16(5-8-21(20)26)17-4-3-11-25-14-17/h3-5,7-9,11-15H,6,10H2,1-2H3,(H,27,28). The summed E-state index contributed by atoms with van der Waals surface area (Å²) in [4.78, 5) is 15.3. The van der Waals surface area contributed by atoms with Crippen LogP contribution in [0.25, 0.3) is 22.0 Å². The first-order valence-electron chi connectivity index (χ1n) is 10.1. The number of nitrogens with zero attached hydrogens (tertiary/aromatic N) is 2. The van der Waals surface area contributed by atoms with Crippen LogP contribution in [0.2, 0.25) is 0 Å². The largest absolute Gasteiger partial charge is 0.497 e. The summed E-state index contributed by atoms with van der Waals surface area (Å²) in [5.74, 6) is -0.347. The van der Waals surface area contributed by atoms with Gasteiger partial charge in [-0.05, 0) is 47.9 Å². The molecular formula is C24H22N2O6S. The highest BCUT2D eigenvalue weighted by molar-refractivity contribution is 7.90. The average Bonchev–Trinajstić information content (AvgIpc) is 3.21. The first kappa shape index (κ1) is 22.3.